The lowest BCUT2D eigenvalue weighted by atomic mass is 10.4. The Balaban J connectivity index is 2.76. The van der Waals surface area contributed by atoms with Gasteiger partial charge in [0, 0.05) is 26.2 Å². The van der Waals surface area contributed by atoms with Crippen LogP contribution in [0, 0.1) is 0 Å². The standard InChI is InChI=1S/C9H23N3S/c1-2-13-9-3-5-11-7-8-12-6-4-10/h11-12H,2-10H2,1H3. The number of hydrogen-bond donors (Lipinski definition) is 3. The highest BCUT2D eigenvalue weighted by atomic mass is 32.2. The maximum absolute atomic E-state index is 5.34. The largest absolute Gasteiger partial charge is 0.329 e. The molecule has 0 aromatic carbocycles. The van der Waals surface area contributed by atoms with E-state index in [1.54, 1.807) is 0 Å². The third-order valence-corrected chi connectivity index (χ3v) is 2.63. The van der Waals surface area contributed by atoms with Crippen LogP contribution in [-0.4, -0.2) is 44.2 Å². The van der Waals surface area contributed by atoms with Crippen molar-refractivity contribution < 1.29 is 0 Å². The van der Waals surface area contributed by atoms with Crippen LogP contribution in [0.1, 0.15) is 13.3 Å². The summed E-state index contributed by atoms with van der Waals surface area (Å²) < 4.78 is 0. The quantitative estimate of drug-likeness (QED) is 0.448. The van der Waals surface area contributed by atoms with E-state index >= 15 is 0 Å². The Morgan fingerprint density at radius 3 is 2.38 bits per heavy atom. The van der Waals surface area contributed by atoms with Crippen molar-refractivity contribution in [2.75, 3.05) is 44.2 Å². The zero-order chi connectivity index (χ0) is 9.78. The summed E-state index contributed by atoms with van der Waals surface area (Å²) in [6.07, 6.45) is 1.27. The molecule has 4 N–H and O–H groups in total. The number of thioether (sulfide) groups is 1. The van der Waals surface area contributed by atoms with Crippen LogP contribution in [0.2, 0.25) is 0 Å². The van der Waals surface area contributed by atoms with Gasteiger partial charge in [-0.25, -0.2) is 0 Å². The smallest absolute Gasteiger partial charge is 0.00772 e. The third-order valence-electron chi connectivity index (χ3n) is 1.65. The van der Waals surface area contributed by atoms with Crippen LogP contribution >= 0.6 is 11.8 Å². The first-order valence-electron chi connectivity index (χ1n) is 5.11. The summed E-state index contributed by atoms with van der Waals surface area (Å²) >= 11 is 2.01. The van der Waals surface area contributed by atoms with E-state index in [2.05, 4.69) is 17.6 Å². The van der Waals surface area contributed by atoms with Gasteiger partial charge < -0.3 is 16.4 Å². The molecule has 0 amide bonds. The summed E-state index contributed by atoms with van der Waals surface area (Å²) in [4.78, 5) is 0. The highest BCUT2D eigenvalue weighted by Crippen LogP contribution is 1.98. The van der Waals surface area contributed by atoms with E-state index in [0.717, 1.165) is 32.7 Å². The lowest BCUT2D eigenvalue weighted by molar-refractivity contribution is 0.611. The zero-order valence-electron chi connectivity index (χ0n) is 8.64. The summed E-state index contributed by atoms with van der Waals surface area (Å²) in [7, 11) is 0. The topological polar surface area (TPSA) is 50.1 Å². The van der Waals surface area contributed by atoms with Gasteiger partial charge in [-0.3, -0.25) is 0 Å². The second-order valence-electron chi connectivity index (χ2n) is 2.84. The van der Waals surface area contributed by atoms with Gasteiger partial charge in [-0.1, -0.05) is 6.92 Å². The van der Waals surface area contributed by atoms with Gasteiger partial charge in [0.2, 0.25) is 0 Å². The van der Waals surface area contributed by atoms with Gasteiger partial charge >= 0.3 is 0 Å². The van der Waals surface area contributed by atoms with Crippen molar-refractivity contribution in [1.82, 2.24) is 10.6 Å². The van der Waals surface area contributed by atoms with E-state index in [-0.39, 0.29) is 0 Å². The molecule has 4 heteroatoms. The van der Waals surface area contributed by atoms with Gasteiger partial charge in [-0.05, 0) is 24.5 Å². The van der Waals surface area contributed by atoms with E-state index in [0.29, 0.717) is 0 Å². The van der Waals surface area contributed by atoms with E-state index in [4.69, 9.17) is 5.73 Å². The first-order chi connectivity index (χ1) is 6.41. The Morgan fingerprint density at radius 1 is 1.08 bits per heavy atom. The zero-order valence-corrected chi connectivity index (χ0v) is 9.46. The summed E-state index contributed by atoms with van der Waals surface area (Å²) in [5.41, 5.74) is 5.34. The molecular formula is C9H23N3S. The molecule has 0 radical (unpaired) electrons. The minimum absolute atomic E-state index is 0.729. The minimum atomic E-state index is 0.729. The highest BCUT2D eigenvalue weighted by Gasteiger charge is 1.88. The van der Waals surface area contributed by atoms with Crippen molar-refractivity contribution in [3.63, 3.8) is 0 Å². The van der Waals surface area contributed by atoms with Gasteiger partial charge in [0.25, 0.3) is 0 Å². The van der Waals surface area contributed by atoms with Crippen LogP contribution in [0.15, 0.2) is 0 Å². The predicted molar refractivity (Wildman–Crippen MR) is 62.4 cm³/mol. The molecule has 0 aliphatic carbocycles. The maximum Gasteiger partial charge on any atom is 0.00772 e. The molecule has 0 heterocycles. The van der Waals surface area contributed by atoms with Crippen molar-refractivity contribution in [2.45, 2.75) is 13.3 Å². The SMILES string of the molecule is CCSCCCNCCNCCN. The van der Waals surface area contributed by atoms with Gasteiger partial charge in [0.1, 0.15) is 0 Å². The molecular weight excluding hydrogens is 182 g/mol. The Morgan fingerprint density at radius 2 is 1.77 bits per heavy atom. The highest BCUT2D eigenvalue weighted by molar-refractivity contribution is 7.99. The molecule has 0 saturated heterocycles. The molecule has 0 saturated carbocycles. The van der Waals surface area contributed by atoms with Crippen molar-refractivity contribution in [2.24, 2.45) is 5.73 Å². The molecule has 0 spiro atoms. The second kappa shape index (κ2) is 12.2. The molecule has 0 unspecified atom stereocenters. The lowest BCUT2D eigenvalue weighted by Crippen LogP contribution is -2.31. The first-order valence-corrected chi connectivity index (χ1v) is 6.26. The van der Waals surface area contributed by atoms with Crippen LogP contribution in [-0.2, 0) is 0 Å². The molecule has 0 rings (SSSR count). The molecule has 80 valence electrons. The van der Waals surface area contributed by atoms with E-state index in [1.165, 1.54) is 17.9 Å². The number of rotatable bonds is 10. The Bertz CT molecular complexity index is 80.9. The fraction of sp³-hybridized carbons (Fsp3) is 1.00. The number of nitrogens with one attached hydrogen (secondary N) is 2. The van der Waals surface area contributed by atoms with Gasteiger partial charge in [0.15, 0.2) is 0 Å². The van der Waals surface area contributed by atoms with Crippen molar-refractivity contribution >= 4 is 11.8 Å². The Kier molecular flexibility index (Phi) is 12.4. The number of hydrogen-bond acceptors (Lipinski definition) is 4. The predicted octanol–water partition coefficient (Wildman–Crippen LogP) is 0.268. The minimum Gasteiger partial charge on any atom is -0.329 e. The van der Waals surface area contributed by atoms with Gasteiger partial charge in [-0.15, -0.1) is 0 Å². The van der Waals surface area contributed by atoms with Gasteiger partial charge in [0.05, 0.1) is 0 Å². The molecule has 0 aromatic rings. The molecule has 13 heavy (non-hydrogen) atoms. The third kappa shape index (κ3) is 12.2. The molecule has 0 bridgehead atoms. The molecule has 3 nitrogen and oxygen atoms in total. The summed E-state index contributed by atoms with van der Waals surface area (Å²) in [5, 5.41) is 6.63. The van der Waals surface area contributed by atoms with Crippen molar-refractivity contribution in [3.8, 4) is 0 Å². The van der Waals surface area contributed by atoms with E-state index < -0.39 is 0 Å². The Hall–Kier alpha value is 0.230. The van der Waals surface area contributed by atoms with Crippen molar-refractivity contribution in [1.29, 1.82) is 0 Å². The number of nitrogens with two attached hydrogens (primary N) is 1. The average Bonchev–Trinajstić information content (AvgIpc) is 2.16. The van der Waals surface area contributed by atoms with E-state index in [9.17, 15) is 0 Å². The Labute approximate surface area is 86.2 Å². The second-order valence-corrected chi connectivity index (χ2v) is 4.23. The fourth-order valence-corrected chi connectivity index (χ4v) is 1.61. The molecule has 0 aliphatic heterocycles. The molecule has 0 aromatic heterocycles. The van der Waals surface area contributed by atoms with E-state index in [1.807, 2.05) is 11.8 Å². The van der Waals surface area contributed by atoms with Gasteiger partial charge in [-0.2, -0.15) is 11.8 Å². The van der Waals surface area contributed by atoms with Crippen LogP contribution < -0.4 is 16.4 Å². The molecule has 0 atom stereocenters. The van der Waals surface area contributed by atoms with Crippen LogP contribution in [0.4, 0.5) is 0 Å². The molecule has 0 aliphatic rings. The van der Waals surface area contributed by atoms with Crippen molar-refractivity contribution in [3.05, 3.63) is 0 Å². The fourth-order valence-electron chi connectivity index (χ4n) is 0.972. The van der Waals surface area contributed by atoms with Crippen LogP contribution in [0.3, 0.4) is 0 Å². The summed E-state index contributed by atoms with van der Waals surface area (Å²) in [6.45, 7) is 7.07. The monoisotopic (exact) mass is 205 g/mol. The lowest BCUT2D eigenvalue weighted by Gasteiger charge is -2.04. The molecule has 0 fully saturated rings. The summed E-state index contributed by atoms with van der Waals surface area (Å²) in [5.74, 6) is 2.51. The summed E-state index contributed by atoms with van der Waals surface area (Å²) in [6, 6.07) is 0. The first kappa shape index (κ1) is 13.2. The maximum atomic E-state index is 5.34. The normalized spacial score (nSPS) is 10.6. The van der Waals surface area contributed by atoms with Crippen LogP contribution in [0.25, 0.3) is 0 Å². The average molecular weight is 205 g/mol. The van der Waals surface area contributed by atoms with Crippen LogP contribution in [0.5, 0.6) is 0 Å².